The average molecular weight is 438 g/mol. The lowest BCUT2D eigenvalue weighted by molar-refractivity contribution is -0.145. The predicted octanol–water partition coefficient (Wildman–Crippen LogP) is 2.83. The fraction of sp³-hybridized carbons (Fsp3) is 0.286. The van der Waals surface area contributed by atoms with Crippen LogP contribution in [0.1, 0.15) is 16.7 Å². The van der Waals surface area contributed by atoms with E-state index < -0.39 is 48.7 Å². The molecule has 0 radical (unpaired) electrons. The molecule has 2 amide bonds. The summed E-state index contributed by atoms with van der Waals surface area (Å²) in [5.41, 5.74) is -0.349. The summed E-state index contributed by atoms with van der Waals surface area (Å²) in [5, 5.41) is 4.48. The topological polar surface area (TPSA) is 93.7 Å². The van der Waals surface area contributed by atoms with E-state index in [0.29, 0.717) is 0 Å². The number of amides is 2. The number of ether oxygens (including phenoxy) is 2. The molecule has 10 heteroatoms. The highest BCUT2D eigenvalue weighted by Gasteiger charge is 2.34. The molecule has 0 heterocycles. The molecule has 0 bridgehead atoms. The van der Waals surface area contributed by atoms with E-state index in [2.05, 4.69) is 15.4 Å². The minimum Gasteiger partial charge on any atom is -0.467 e. The Bertz CT molecular complexity index is 903. The number of hydrogen-bond donors (Lipinski definition) is 2. The lowest BCUT2D eigenvalue weighted by Crippen LogP contribution is -2.47. The van der Waals surface area contributed by atoms with Gasteiger partial charge >= 0.3 is 18.2 Å². The highest BCUT2D eigenvalue weighted by Crippen LogP contribution is 2.32. The van der Waals surface area contributed by atoms with Crippen LogP contribution >= 0.6 is 0 Å². The molecule has 0 fully saturated rings. The number of esters is 1. The second-order valence-electron chi connectivity index (χ2n) is 6.42. The summed E-state index contributed by atoms with van der Waals surface area (Å²) in [6.45, 7) is -0.546. The Labute approximate surface area is 176 Å². The maximum Gasteiger partial charge on any atom is 0.416 e. The first-order chi connectivity index (χ1) is 14.7. The summed E-state index contributed by atoms with van der Waals surface area (Å²) >= 11 is 0. The molecule has 0 spiro atoms. The van der Waals surface area contributed by atoms with Gasteiger partial charge in [-0.15, -0.1) is 0 Å². The monoisotopic (exact) mass is 438 g/mol. The average Bonchev–Trinajstić information content (AvgIpc) is 2.75. The smallest absolute Gasteiger partial charge is 0.416 e. The molecular formula is C21H21F3N2O5. The number of alkyl halides is 3. The van der Waals surface area contributed by atoms with Crippen LogP contribution in [-0.2, 0) is 38.3 Å². The van der Waals surface area contributed by atoms with Crippen LogP contribution in [0.4, 0.5) is 18.0 Å². The lowest BCUT2D eigenvalue weighted by Gasteiger charge is -2.19. The minimum atomic E-state index is -4.62. The van der Waals surface area contributed by atoms with Crippen molar-refractivity contribution in [1.29, 1.82) is 0 Å². The van der Waals surface area contributed by atoms with E-state index in [1.165, 1.54) is 18.2 Å². The summed E-state index contributed by atoms with van der Waals surface area (Å²) in [6, 6.07) is 12.2. The van der Waals surface area contributed by atoms with Crippen molar-refractivity contribution in [3.05, 3.63) is 71.3 Å². The van der Waals surface area contributed by atoms with Crippen LogP contribution < -0.4 is 10.6 Å². The maximum atomic E-state index is 13.2. The first-order valence-electron chi connectivity index (χ1n) is 9.17. The van der Waals surface area contributed by atoms with Crippen LogP contribution in [0.3, 0.4) is 0 Å². The molecule has 166 valence electrons. The second-order valence-corrected chi connectivity index (χ2v) is 6.42. The van der Waals surface area contributed by atoms with E-state index >= 15 is 0 Å². The molecular weight excluding hydrogens is 417 g/mol. The van der Waals surface area contributed by atoms with E-state index in [9.17, 15) is 27.6 Å². The quantitative estimate of drug-likeness (QED) is 0.619. The Balaban J connectivity index is 1.93. The van der Waals surface area contributed by atoms with Crippen molar-refractivity contribution in [3.63, 3.8) is 0 Å². The molecule has 2 aromatic rings. The van der Waals surface area contributed by atoms with Gasteiger partial charge in [-0.05, 0) is 17.2 Å². The molecule has 2 aromatic carbocycles. The molecule has 0 unspecified atom stereocenters. The van der Waals surface area contributed by atoms with Crippen LogP contribution in [0.15, 0.2) is 54.6 Å². The Morgan fingerprint density at radius 2 is 1.65 bits per heavy atom. The number of halogens is 3. The number of alkyl carbamates (subject to hydrolysis) is 1. The Hall–Kier alpha value is -3.56. The number of nitrogens with one attached hydrogen (secondary N) is 2. The van der Waals surface area contributed by atoms with Gasteiger partial charge in [-0.2, -0.15) is 13.2 Å². The highest BCUT2D eigenvalue weighted by atomic mass is 19.4. The molecule has 0 aliphatic heterocycles. The largest absolute Gasteiger partial charge is 0.467 e. The number of hydrogen-bond acceptors (Lipinski definition) is 5. The zero-order chi connectivity index (χ0) is 22.9. The fourth-order valence-corrected chi connectivity index (χ4v) is 2.70. The highest BCUT2D eigenvalue weighted by molar-refractivity contribution is 5.87. The summed E-state index contributed by atoms with van der Waals surface area (Å²) in [6.07, 6.45) is -5.92. The summed E-state index contributed by atoms with van der Waals surface area (Å²) in [7, 11) is 1.05. The van der Waals surface area contributed by atoms with Crippen LogP contribution in [0, 0.1) is 0 Å². The number of benzene rings is 2. The zero-order valence-electron chi connectivity index (χ0n) is 16.6. The van der Waals surface area contributed by atoms with Crippen molar-refractivity contribution in [1.82, 2.24) is 10.6 Å². The van der Waals surface area contributed by atoms with Crippen molar-refractivity contribution in [2.45, 2.75) is 25.2 Å². The molecule has 0 aliphatic carbocycles. The number of rotatable bonds is 8. The Morgan fingerprint density at radius 1 is 1.00 bits per heavy atom. The third-order valence-corrected chi connectivity index (χ3v) is 4.17. The molecule has 0 saturated heterocycles. The SMILES string of the molecule is COC(=O)[C@@H](Cc1ccccc1C(F)(F)F)NC(=O)CNC(=O)OCc1ccccc1. The standard InChI is InChI=1S/C21H21F3N2O5/c1-30-19(28)17(11-15-9-5-6-10-16(15)21(22,23)24)26-18(27)12-25-20(29)31-13-14-7-3-2-4-8-14/h2-10,17H,11-13H2,1H3,(H,25,29)(H,26,27)/t17-/m1/s1. The van der Waals surface area contributed by atoms with Crippen molar-refractivity contribution in [2.24, 2.45) is 0 Å². The number of carbonyl (C=O) groups excluding carboxylic acids is 3. The molecule has 2 N–H and O–H groups in total. The molecule has 7 nitrogen and oxygen atoms in total. The van der Waals surface area contributed by atoms with Gasteiger partial charge in [0.1, 0.15) is 19.2 Å². The van der Waals surface area contributed by atoms with E-state index in [1.807, 2.05) is 0 Å². The first-order valence-corrected chi connectivity index (χ1v) is 9.17. The minimum absolute atomic E-state index is 0.00664. The third kappa shape index (κ3) is 7.65. The van der Waals surface area contributed by atoms with Crippen LogP contribution in [0.25, 0.3) is 0 Å². The summed E-state index contributed by atoms with van der Waals surface area (Å²) in [4.78, 5) is 35.8. The molecule has 0 aromatic heterocycles. The molecule has 31 heavy (non-hydrogen) atoms. The van der Waals surface area contributed by atoms with Crippen LogP contribution in [0.5, 0.6) is 0 Å². The number of methoxy groups -OCH3 is 1. The maximum absolute atomic E-state index is 13.2. The van der Waals surface area contributed by atoms with Gasteiger partial charge < -0.3 is 20.1 Å². The van der Waals surface area contributed by atoms with Crippen LogP contribution in [0.2, 0.25) is 0 Å². The normalized spacial score (nSPS) is 11.9. The van der Waals surface area contributed by atoms with Gasteiger partial charge in [-0.25, -0.2) is 9.59 Å². The summed E-state index contributed by atoms with van der Waals surface area (Å²) < 4.78 is 49.1. The van der Waals surface area contributed by atoms with Gasteiger partial charge in [0.25, 0.3) is 0 Å². The van der Waals surface area contributed by atoms with E-state index in [0.717, 1.165) is 18.7 Å². The molecule has 0 aliphatic rings. The fourth-order valence-electron chi connectivity index (χ4n) is 2.70. The first kappa shape index (κ1) is 23.7. The van der Waals surface area contributed by atoms with Gasteiger partial charge in [0, 0.05) is 6.42 Å². The van der Waals surface area contributed by atoms with Gasteiger partial charge in [0.2, 0.25) is 5.91 Å². The van der Waals surface area contributed by atoms with Crippen molar-refractivity contribution >= 4 is 18.0 Å². The van der Waals surface area contributed by atoms with Crippen molar-refractivity contribution in [2.75, 3.05) is 13.7 Å². The Morgan fingerprint density at radius 3 is 2.29 bits per heavy atom. The molecule has 0 saturated carbocycles. The second kappa shape index (κ2) is 11.0. The van der Waals surface area contributed by atoms with Gasteiger partial charge in [-0.3, -0.25) is 4.79 Å². The van der Waals surface area contributed by atoms with E-state index in [-0.39, 0.29) is 12.2 Å². The van der Waals surface area contributed by atoms with Gasteiger partial charge in [0.15, 0.2) is 0 Å². The van der Waals surface area contributed by atoms with Gasteiger partial charge in [-0.1, -0.05) is 48.5 Å². The van der Waals surface area contributed by atoms with Crippen molar-refractivity contribution < 1.29 is 37.0 Å². The van der Waals surface area contributed by atoms with Gasteiger partial charge in [0.05, 0.1) is 12.7 Å². The van der Waals surface area contributed by atoms with Crippen LogP contribution in [-0.4, -0.2) is 37.7 Å². The zero-order valence-corrected chi connectivity index (χ0v) is 16.6. The summed E-state index contributed by atoms with van der Waals surface area (Å²) in [5.74, 6) is -1.71. The van der Waals surface area contributed by atoms with E-state index in [1.54, 1.807) is 30.3 Å². The Kier molecular flexibility index (Phi) is 8.42. The van der Waals surface area contributed by atoms with Crippen molar-refractivity contribution in [3.8, 4) is 0 Å². The third-order valence-electron chi connectivity index (χ3n) is 4.17. The molecule has 1 atom stereocenters. The predicted molar refractivity (Wildman–Crippen MR) is 104 cm³/mol. The lowest BCUT2D eigenvalue weighted by atomic mass is 9.99. The molecule has 2 rings (SSSR count). The van der Waals surface area contributed by atoms with E-state index in [4.69, 9.17) is 4.74 Å². The number of carbonyl (C=O) groups is 3.